The van der Waals surface area contributed by atoms with E-state index in [0.29, 0.717) is 16.6 Å². The van der Waals surface area contributed by atoms with Gasteiger partial charge in [-0.1, -0.05) is 11.6 Å². The lowest BCUT2D eigenvalue weighted by Gasteiger charge is -2.00. The average molecular weight is 269 g/mol. The maximum absolute atomic E-state index is 10.5. The van der Waals surface area contributed by atoms with Crippen LogP contribution in [0.25, 0.3) is 10.6 Å². The number of carbonyl (C=O) groups is 1. The van der Waals surface area contributed by atoms with Crippen molar-refractivity contribution < 1.29 is 9.90 Å². The molecule has 2 aromatic heterocycles. The average Bonchev–Trinajstić information content (AvgIpc) is 2.74. The molecule has 0 saturated heterocycles. The third kappa shape index (κ3) is 3.25. The van der Waals surface area contributed by atoms with Crippen LogP contribution in [0.2, 0.25) is 4.34 Å². The van der Waals surface area contributed by atoms with Gasteiger partial charge in [0.05, 0.1) is 21.3 Å². The van der Waals surface area contributed by atoms with E-state index in [0.717, 1.165) is 10.6 Å². The van der Waals surface area contributed by atoms with E-state index in [9.17, 15) is 4.79 Å². The molecule has 0 unspecified atom stereocenters. The van der Waals surface area contributed by atoms with Crippen LogP contribution in [0.1, 0.15) is 12.2 Å². The smallest absolute Gasteiger partial charge is 0.303 e. The standard InChI is InChI=1S/C11H9ClN2O2S/c12-9-2-1-8(17-9)7-5-6-13-10(14-7)3-4-11(15)16/h1-2,5-6H,3-4H2,(H,15,16). The zero-order chi connectivity index (χ0) is 12.3. The van der Waals surface area contributed by atoms with E-state index < -0.39 is 5.97 Å². The van der Waals surface area contributed by atoms with Crippen molar-refractivity contribution in [3.05, 3.63) is 34.6 Å². The SMILES string of the molecule is O=C(O)CCc1nccc(-c2ccc(Cl)s2)n1. The molecule has 0 bridgehead atoms. The van der Waals surface area contributed by atoms with Gasteiger partial charge in [-0.3, -0.25) is 4.79 Å². The topological polar surface area (TPSA) is 63.1 Å². The lowest BCUT2D eigenvalue weighted by molar-refractivity contribution is -0.137. The highest BCUT2D eigenvalue weighted by Crippen LogP contribution is 2.29. The fourth-order valence-electron chi connectivity index (χ4n) is 1.33. The summed E-state index contributed by atoms with van der Waals surface area (Å²) in [5.74, 6) is -0.312. The fourth-order valence-corrected chi connectivity index (χ4v) is 2.34. The van der Waals surface area contributed by atoms with Crippen LogP contribution in [-0.2, 0) is 11.2 Å². The van der Waals surface area contributed by atoms with Crippen molar-refractivity contribution in [1.29, 1.82) is 0 Å². The first-order valence-corrected chi connectivity index (χ1v) is 6.14. The number of aryl methyl sites for hydroxylation is 1. The summed E-state index contributed by atoms with van der Waals surface area (Å²) in [7, 11) is 0. The van der Waals surface area contributed by atoms with Crippen LogP contribution >= 0.6 is 22.9 Å². The number of hydrogen-bond donors (Lipinski definition) is 1. The van der Waals surface area contributed by atoms with Gasteiger partial charge >= 0.3 is 5.97 Å². The fraction of sp³-hybridized carbons (Fsp3) is 0.182. The van der Waals surface area contributed by atoms with Crippen molar-refractivity contribution in [3.8, 4) is 10.6 Å². The van der Waals surface area contributed by atoms with Gasteiger partial charge in [-0.05, 0) is 18.2 Å². The first-order chi connectivity index (χ1) is 8.15. The predicted octanol–water partition coefficient (Wildman–Crippen LogP) is 2.88. The summed E-state index contributed by atoms with van der Waals surface area (Å²) in [6.07, 6.45) is 2.00. The van der Waals surface area contributed by atoms with Crippen LogP contribution in [-0.4, -0.2) is 21.0 Å². The predicted molar refractivity (Wildman–Crippen MR) is 66.3 cm³/mol. The van der Waals surface area contributed by atoms with E-state index in [-0.39, 0.29) is 6.42 Å². The van der Waals surface area contributed by atoms with Crippen molar-refractivity contribution in [3.63, 3.8) is 0 Å². The summed E-state index contributed by atoms with van der Waals surface area (Å²) in [6.45, 7) is 0. The first-order valence-electron chi connectivity index (χ1n) is 4.94. The molecule has 2 rings (SSSR count). The summed E-state index contributed by atoms with van der Waals surface area (Å²) < 4.78 is 0.700. The maximum atomic E-state index is 10.5. The molecule has 0 aliphatic carbocycles. The normalized spacial score (nSPS) is 10.4. The molecule has 0 spiro atoms. The molecular weight excluding hydrogens is 260 g/mol. The molecule has 0 fully saturated rings. The number of hydrogen-bond acceptors (Lipinski definition) is 4. The van der Waals surface area contributed by atoms with Gasteiger partial charge in [0.2, 0.25) is 0 Å². The van der Waals surface area contributed by atoms with Crippen LogP contribution in [0.3, 0.4) is 0 Å². The van der Waals surface area contributed by atoms with Gasteiger partial charge in [0.1, 0.15) is 5.82 Å². The van der Waals surface area contributed by atoms with Crippen molar-refractivity contribution in [2.24, 2.45) is 0 Å². The Morgan fingerprint density at radius 1 is 1.41 bits per heavy atom. The molecule has 2 heterocycles. The summed E-state index contributed by atoms with van der Waals surface area (Å²) in [5, 5.41) is 8.59. The molecule has 88 valence electrons. The van der Waals surface area contributed by atoms with Gasteiger partial charge in [0, 0.05) is 12.6 Å². The molecule has 0 radical (unpaired) electrons. The second kappa shape index (κ2) is 5.25. The molecule has 0 atom stereocenters. The van der Waals surface area contributed by atoms with Crippen LogP contribution in [0, 0.1) is 0 Å². The Morgan fingerprint density at radius 3 is 2.88 bits per heavy atom. The molecule has 0 amide bonds. The summed E-state index contributed by atoms with van der Waals surface area (Å²) in [5.41, 5.74) is 0.775. The van der Waals surface area contributed by atoms with Crippen LogP contribution in [0.5, 0.6) is 0 Å². The summed E-state index contributed by atoms with van der Waals surface area (Å²) in [4.78, 5) is 19.8. The molecule has 0 saturated carbocycles. The highest BCUT2D eigenvalue weighted by molar-refractivity contribution is 7.19. The number of aromatic nitrogens is 2. The van der Waals surface area contributed by atoms with E-state index in [1.165, 1.54) is 11.3 Å². The third-order valence-corrected chi connectivity index (χ3v) is 3.35. The second-order valence-corrected chi connectivity index (χ2v) is 5.07. The Kier molecular flexibility index (Phi) is 3.71. The number of carboxylic acids is 1. The molecule has 0 aliphatic rings. The molecule has 1 N–H and O–H groups in total. The monoisotopic (exact) mass is 268 g/mol. The molecule has 2 aromatic rings. The Hall–Kier alpha value is -1.46. The number of carboxylic acid groups (broad SMARTS) is 1. The highest BCUT2D eigenvalue weighted by atomic mass is 35.5. The van der Waals surface area contributed by atoms with Crippen molar-refractivity contribution >= 4 is 28.9 Å². The van der Waals surface area contributed by atoms with Gasteiger partial charge in [-0.25, -0.2) is 9.97 Å². The van der Waals surface area contributed by atoms with Crippen LogP contribution in [0.4, 0.5) is 0 Å². The van der Waals surface area contributed by atoms with Crippen molar-refractivity contribution in [2.45, 2.75) is 12.8 Å². The molecule has 17 heavy (non-hydrogen) atoms. The highest BCUT2D eigenvalue weighted by Gasteiger charge is 2.06. The van der Waals surface area contributed by atoms with Gasteiger partial charge in [0.25, 0.3) is 0 Å². The van der Waals surface area contributed by atoms with Gasteiger partial charge in [-0.2, -0.15) is 0 Å². The number of aliphatic carboxylic acids is 1. The van der Waals surface area contributed by atoms with E-state index in [1.807, 2.05) is 6.07 Å². The number of thiophene rings is 1. The Balaban J connectivity index is 2.19. The minimum Gasteiger partial charge on any atom is -0.481 e. The third-order valence-electron chi connectivity index (χ3n) is 2.09. The Labute approximate surface area is 107 Å². The summed E-state index contributed by atoms with van der Waals surface area (Å²) >= 11 is 7.28. The van der Waals surface area contributed by atoms with E-state index >= 15 is 0 Å². The lowest BCUT2D eigenvalue weighted by atomic mass is 10.3. The number of nitrogens with zero attached hydrogens (tertiary/aromatic N) is 2. The number of halogens is 1. The Bertz CT molecular complexity index is 542. The second-order valence-electron chi connectivity index (χ2n) is 3.36. The van der Waals surface area contributed by atoms with E-state index in [2.05, 4.69) is 9.97 Å². The molecule has 0 aromatic carbocycles. The largest absolute Gasteiger partial charge is 0.481 e. The zero-order valence-electron chi connectivity index (χ0n) is 8.76. The molecule has 0 aliphatic heterocycles. The summed E-state index contributed by atoms with van der Waals surface area (Å²) in [6, 6.07) is 5.48. The lowest BCUT2D eigenvalue weighted by Crippen LogP contribution is -2.01. The zero-order valence-corrected chi connectivity index (χ0v) is 10.3. The van der Waals surface area contributed by atoms with Crippen molar-refractivity contribution in [2.75, 3.05) is 0 Å². The quantitative estimate of drug-likeness (QED) is 0.926. The van der Waals surface area contributed by atoms with E-state index in [1.54, 1.807) is 18.3 Å². The van der Waals surface area contributed by atoms with Crippen molar-refractivity contribution in [1.82, 2.24) is 9.97 Å². The maximum Gasteiger partial charge on any atom is 0.303 e. The first kappa shape index (κ1) is 12.0. The van der Waals surface area contributed by atoms with E-state index in [4.69, 9.17) is 16.7 Å². The van der Waals surface area contributed by atoms with Gasteiger partial charge < -0.3 is 5.11 Å². The molecule has 6 heteroatoms. The van der Waals surface area contributed by atoms with Crippen LogP contribution in [0.15, 0.2) is 24.4 Å². The molecule has 4 nitrogen and oxygen atoms in total. The minimum atomic E-state index is -0.849. The van der Waals surface area contributed by atoms with Crippen LogP contribution < -0.4 is 0 Å². The van der Waals surface area contributed by atoms with Gasteiger partial charge in [-0.15, -0.1) is 11.3 Å². The Morgan fingerprint density at radius 2 is 2.24 bits per heavy atom. The van der Waals surface area contributed by atoms with Gasteiger partial charge in [0.15, 0.2) is 0 Å². The molecular formula is C11H9ClN2O2S. The number of rotatable bonds is 4. The minimum absolute atomic E-state index is 0.0364.